The van der Waals surface area contributed by atoms with Crippen LogP contribution < -0.4 is 14.8 Å². The van der Waals surface area contributed by atoms with Gasteiger partial charge in [0.05, 0.1) is 15.6 Å². The Kier molecular flexibility index (Phi) is 5.82. The van der Waals surface area contributed by atoms with Crippen LogP contribution in [-0.4, -0.2) is 18.3 Å². The molecular formula is C18H13FINO4S. The largest absolute Gasteiger partial charge is 0.493 e. The third-order valence-electron chi connectivity index (χ3n) is 3.52. The highest BCUT2D eigenvalue weighted by Crippen LogP contribution is 2.36. The fraction of sp³-hybridized carbons (Fsp3) is 0.111. The number of hydrogen-bond acceptors (Lipinski definition) is 5. The first kappa shape index (κ1) is 18.7. The van der Waals surface area contributed by atoms with Gasteiger partial charge in [-0.2, -0.15) is 0 Å². The summed E-state index contributed by atoms with van der Waals surface area (Å²) in [5, 5.41) is 1.81. The second-order valence-electron chi connectivity index (χ2n) is 5.27. The maximum absolute atomic E-state index is 13.7. The minimum Gasteiger partial charge on any atom is -0.493 e. The Morgan fingerprint density at radius 1 is 1.27 bits per heavy atom. The van der Waals surface area contributed by atoms with E-state index in [-0.39, 0.29) is 12.4 Å². The van der Waals surface area contributed by atoms with Gasteiger partial charge >= 0.3 is 0 Å². The highest BCUT2D eigenvalue weighted by Gasteiger charge is 2.25. The number of rotatable bonds is 5. The highest BCUT2D eigenvalue weighted by molar-refractivity contribution is 14.1. The van der Waals surface area contributed by atoms with Crippen LogP contribution in [0.4, 0.5) is 9.18 Å². The third-order valence-corrected chi connectivity index (χ3v) is 5.13. The van der Waals surface area contributed by atoms with E-state index in [2.05, 4.69) is 27.9 Å². The van der Waals surface area contributed by atoms with Crippen molar-refractivity contribution in [3.8, 4) is 11.5 Å². The lowest BCUT2D eigenvalue weighted by Crippen LogP contribution is -2.17. The van der Waals surface area contributed by atoms with Crippen molar-refractivity contribution in [2.24, 2.45) is 0 Å². The lowest BCUT2D eigenvalue weighted by atomic mass is 10.1. The van der Waals surface area contributed by atoms with E-state index in [1.807, 2.05) is 0 Å². The van der Waals surface area contributed by atoms with E-state index in [1.165, 1.54) is 13.2 Å². The lowest BCUT2D eigenvalue weighted by Gasteiger charge is -2.14. The molecule has 0 bridgehead atoms. The summed E-state index contributed by atoms with van der Waals surface area (Å²) in [5.41, 5.74) is 1.13. The van der Waals surface area contributed by atoms with E-state index in [0.717, 1.165) is 15.3 Å². The minimum atomic E-state index is -0.422. The number of ether oxygens (including phenoxy) is 2. The number of thioether (sulfide) groups is 1. The number of amides is 2. The van der Waals surface area contributed by atoms with Crippen molar-refractivity contribution in [1.82, 2.24) is 5.32 Å². The molecule has 0 atom stereocenters. The van der Waals surface area contributed by atoms with E-state index in [1.54, 1.807) is 36.4 Å². The molecule has 1 aliphatic rings. The zero-order valence-corrected chi connectivity index (χ0v) is 16.5. The predicted octanol–water partition coefficient (Wildman–Crippen LogP) is 4.34. The van der Waals surface area contributed by atoms with E-state index in [4.69, 9.17) is 9.47 Å². The van der Waals surface area contributed by atoms with Crippen molar-refractivity contribution in [3.05, 3.63) is 61.8 Å². The van der Waals surface area contributed by atoms with Gasteiger partial charge in [0, 0.05) is 5.56 Å². The monoisotopic (exact) mass is 485 g/mol. The smallest absolute Gasteiger partial charge is 0.290 e. The maximum Gasteiger partial charge on any atom is 0.290 e. The summed E-state index contributed by atoms with van der Waals surface area (Å²) in [7, 11) is 1.50. The minimum absolute atomic E-state index is 0.0617. The fourth-order valence-corrected chi connectivity index (χ4v) is 3.76. The molecule has 0 saturated carbocycles. The predicted molar refractivity (Wildman–Crippen MR) is 106 cm³/mol. The Bertz CT molecular complexity index is 916. The van der Waals surface area contributed by atoms with Crippen molar-refractivity contribution in [3.63, 3.8) is 0 Å². The van der Waals surface area contributed by atoms with Gasteiger partial charge in [-0.05, 0) is 64.2 Å². The van der Waals surface area contributed by atoms with Gasteiger partial charge < -0.3 is 9.47 Å². The SMILES string of the molecule is COc1cc(/C=C2/SC(=O)NC2=O)cc(I)c1OCc1ccccc1F. The first-order chi connectivity index (χ1) is 12.5. The first-order valence-corrected chi connectivity index (χ1v) is 9.36. The van der Waals surface area contributed by atoms with E-state index in [9.17, 15) is 14.0 Å². The van der Waals surface area contributed by atoms with Crippen LogP contribution in [0.5, 0.6) is 11.5 Å². The summed E-state index contributed by atoms with van der Waals surface area (Å²) in [6.07, 6.45) is 1.61. The third kappa shape index (κ3) is 4.18. The van der Waals surface area contributed by atoms with Crippen LogP contribution in [0.25, 0.3) is 6.08 Å². The summed E-state index contributed by atoms with van der Waals surface area (Å²) in [5.74, 6) is 0.179. The average molecular weight is 485 g/mol. The summed E-state index contributed by atoms with van der Waals surface area (Å²) in [6.45, 7) is 0.0617. The molecule has 1 fully saturated rings. The molecule has 2 amide bonds. The van der Waals surface area contributed by atoms with E-state index >= 15 is 0 Å². The summed E-state index contributed by atoms with van der Waals surface area (Å²) >= 11 is 2.93. The number of imide groups is 1. The van der Waals surface area contributed by atoms with Gasteiger partial charge in [0.2, 0.25) is 0 Å². The first-order valence-electron chi connectivity index (χ1n) is 7.46. The molecule has 3 rings (SSSR count). The lowest BCUT2D eigenvalue weighted by molar-refractivity contribution is -0.115. The van der Waals surface area contributed by atoms with Crippen LogP contribution >= 0.6 is 34.4 Å². The molecule has 26 heavy (non-hydrogen) atoms. The Morgan fingerprint density at radius 3 is 2.69 bits per heavy atom. The standard InChI is InChI=1S/C18H13FINO4S/c1-24-14-7-10(8-15-17(22)21-18(23)26-15)6-13(20)16(14)25-9-11-4-2-3-5-12(11)19/h2-8H,9H2,1H3,(H,21,22,23)/b15-8+. The number of halogens is 2. The summed E-state index contributed by atoms with van der Waals surface area (Å²) < 4.78 is 25.6. The number of hydrogen-bond donors (Lipinski definition) is 1. The zero-order valence-electron chi connectivity index (χ0n) is 13.5. The van der Waals surface area contributed by atoms with Gasteiger partial charge in [-0.1, -0.05) is 18.2 Å². The molecular weight excluding hydrogens is 472 g/mol. The molecule has 134 valence electrons. The number of nitrogens with one attached hydrogen (secondary N) is 1. The van der Waals surface area contributed by atoms with Gasteiger partial charge in [0.1, 0.15) is 12.4 Å². The van der Waals surface area contributed by atoms with Crippen LogP contribution in [0.3, 0.4) is 0 Å². The maximum atomic E-state index is 13.7. The molecule has 2 aromatic rings. The van der Waals surface area contributed by atoms with Crippen molar-refractivity contribution in [2.45, 2.75) is 6.61 Å². The normalized spacial score (nSPS) is 15.3. The van der Waals surface area contributed by atoms with Gasteiger partial charge in [0.15, 0.2) is 11.5 Å². The fourth-order valence-electron chi connectivity index (χ4n) is 2.30. The van der Waals surface area contributed by atoms with E-state index in [0.29, 0.717) is 27.5 Å². The molecule has 0 radical (unpaired) electrons. The van der Waals surface area contributed by atoms with Crippen LogP contribution in [0.1, 0.15) is 11.1 Å². The number of methoxy groups -OCH3 is 1. The van der Waals surface area contributed by atoms with Crippen LogP contribution in [-0.2, 0) is 11.4 Å². The summed E-state index contributed by atoms with van der Waals surface area (Å²) in [4.78, 5) is 23.2. The van der Waals surface area contributed by atoms with Gasteiger partial charge in [-0.15, -0.1) is 0 Å². The van der Waals surface area contributed by atoms with Crippen molar-refractivity contribution >= 4 is 51.6 Å². The number of benzene rings is 2. The zero-order chi connectivity index (χ0) is 18.7. The van der Waals surface area contributed by atoms with Crippen molar-refractivity contribution < 1.29 is 23.5 Å². The second kappa shape index (κ2) is 8.09. The van der Waals surface area contributed by atoms with Crippen molar-refractivity contribution in [1.29, 1.82) is 0 Å². The Balaban J connectivity index is 1.86. The molecule has 8 heteroatoms. The van der Waals surface area contributed by atoms with Gasteiger partial charge in [-0.25, -0.2) is 4.39 Å². The molecule has 1 aliphatic heterocycles. The molecule has 1 saturated heterocycles. The summed E-state index contributed by atoms with van der Waals surface area (Å²) in [6, 6.07) is 9.88. The molecule has 1 heterocycles. The van der Waals surface area contributed by atoms with Gasteiger partial charge in [0.25, 0.3) is 11.1 Å². The van der Waals surface area contributed by atoms with E-state index < -0.39 is 11.1 Å². The van der Waals surface area contributed by atoms with Crippen molar-refractivity contribution in [2.75, 3.05) is 7.11 Å². The second-order valence-corrected chi connectivity index (χ2v) is 7.44. The molecule has 2 aromatic carbocycles. The van der Waals surface area contributed by atoms with Crippen LogP contribution in [0.15, 0.2) is 41.3 Å². The molecule has 0 spiro atoms. The number of carbonyl (C=O) groups is 2. The quantitative estimate of drug-likeness (QED) is 0.505. The van der Waals surface area contributed by atoms with Crippen LogP contribution in [0.2, 0.25) is 0 Å². The Hall–Kier alpha value is -2.07. The molecule has 0 unspecified atom stereocenters. The Labute approximate surface area is 167 Å². The Morgan fingerprint density at radius 2 is 2.04 bits per heavy atom. The molecule has 1 N–H and O–H groups in total. The molecule has 5 nitrogen and oxygen atoms in total. The topological polar surface area (TPSA) is 64.6 Å². The average Bonchev–Trinajstić information content (AvgIpc) is 2.92. The van der Waals surface area contributed by atoms with Crippen LogP contribution in [0, 0.1) is 9.39 Å². The number of carbonyl (C=O) groups excluding carboxylic acids is 2. The molecule has 0 aliphatic carbocycles. The van der Waals surface area contributed by atoms with Gasteiger partial charge in [-0.3, -0.25) is 14.9 Å². The molecule has 0 aromatic heterocycles. The highest BCUT2D eigenvalue weighted by atomic mass is 127.